The highest BCUT2D eigenvalue weighted by Gasteiger charge is 2.49. The first-order valence-electron chi connectivity index (χ1n) is 9.39. The molecular weight excluding hydrogens is 338 g/mol. The van der Waals surface area contributed by atoms with Gasteiger partial charge in [-0.3, -0.25) is 4.79 Å². The molecule has 2 aliphatic rings. The average Bonchev–Trinajstić information content (AvgIpc) is 3.30. The molecule has 1 amide bonds. The molecule has 4 nitrogen and oxygen atoms in total. The van der Waals surface area contributed by atoms with Gasteiger partial charge in [0.15, 0.2) is 0 Å². The molecule has 138 valence electrons. The summed E-state index contributed by atoms with van der Waals surface area (Å²) in [6, 6.07) is 19.6. The number of hydrogen-bond donors (Lipinski definition) is 0. The number of amides is 1. The zero-order valence-electron chi connectivity index (χ0n) is 15.0. The van der Waals surface area contributed by atoms with Gasteiger partial charge in [-0.25, -0.2) is 0 Å². The highest BCUT2D eigenvalue weighted by atomic mass is 16.4. The van der Waals surface area contributed by atoms with Crippen LogP contribution in [-0.4, -0.2) is 16.8 Å². The van der Waals surface area contributed by atoms with Crippen LogP contribution in [0.4, 0.5) is 0 Å². The summed E-state index contributed by atoms with van der Waals surface area (Å²) in [6.45, 7) is 0.928. The Morgan fingerprint density at radius 2 is 1.30 bits per heavy atom. The Balaban J connectivity index is 1.62. The molecule has 0 N–H and O–H groups in total. The van der Waals surface area contributed by atoms with E-state index in [-0.39, 0.29) is 17.7 Å². The lowest BCUT2D eigenvalue weighted by Gasteiger charge is -2.33. The summed E-state index contributed by atoms with van der Waals surface area (Å²) in [5.41, 5.74) is 2.07. The molecule has 2 aromatic rings. The van der Waals surface area contributed by atoms with Gasteiger partial charge >= 0.3 is 0 Å². The van der Waals surface area contributed by atoms with Crippen LogP contribution in [0.3, 0.4) is 0 Å². The molecular formula is C23H22NO3-. The number of rotatable bonds is 6. The van der Waals surface area contributed by atoms with Gasteiger partial charge in [0.2, 0.25) is 5.91 Å². The minimum atomic E-state index is -1.11. The summed E-state index contributed by atoms with van der Waals surface area (Å²) in [5, 5.41) is 11.7. The summed E-state index contributed by atoms with van der Waals surface area (Å²) < 4.78 is 0. The van der Waals surface area contributed by atoms with Crippen molar-refractivity contribution in [1.82, 2.24) is 4.90 Å². The summed E-state index contributed by atoms with van der Waals surface area (Å²) >= 11 is 0. The second-order valence-electron chi connectivity index (χ2n) is 7.48. The topological polar surface area (TPSA) is 60.4 Å². The average molecular weight is 360 g/mol. The zero-order chi connectivity index (χ0) is 18.8. The van der Waals surface area contributed by atoms with Crippen LogP contribution in [-0.2, 0) is 22.7 Å². The minimum Gasteiger partial charge on any atom is -0.550 e. The van der Waals surface area contributed by atoms with Crippen LogP contribution in [0.1, 0.15) is 17.5 Å². The molecule has 0 unspecified atom stereocenters. The summed E-state index contributed by atoms with van der Waals surface area (Å²) in [7, 11) is 0. The van der Waals surface area contributed by atoms with Crippen molar-refractivity contribution in [2.45, 2.75) is 19.5 Å². The maximum Gasteiger partial charge on any atom is 0.227 e. The molecule has 1 fully saturated rings. The summed E-state index contributed by atoms with van der Waals surface area (Å²) in [6.07, 6.45) is 4.68. The lowest BCUT2D eigenvalue weighted by atomic mass is 9.82. The van der Waals surface area contributed by atoms with E-state index < -0.39 is 17.8 Å². The predicted molar refractivity (Wildman–Crippen MR) is 99.9 cm³/mol. The first-order chi connectivity index (χ1) is 13.1. The van der Waals surface area contributed by atoms with E-state index in [4.69, 9.17) is 0 Å². The first kappa shape index (κ1) is 17.5. The van der Waals surface area contributed by atoms with E-state index >= 15 is 0 Å². The lowest BCUT2D eigenvalue weighted by molar-refractivity contribution is -0.313. The maximum absolute atomic E-state index is 13.5. The number of benzene rings is 2. The molecule has 1 saturated carbocycles. The Hall–Kier alpha value is -2.88. The van der Waals surface area contributed by atoms with Gasteiger partial charge in [-0.05, 0) is 29.4 Å². The molecule has 4 rings (SSSR count). The van der Waals surface area contributed by atoms with Gasteiger partial charge in [0.05, 0.1) is 5.92 Å². The Morgan fingerprint density at radius 3 is 1.78 bits per heavy atom. The maximum atomic E-state index is 13.5. The number of aliphatic carboxylic acids is 1. The van der Waals surface area contributed by atoms with E-state index in [9.17, 15) is 14.7 Å². The van der Waals surface area contributed by atoms with Gasteiger partial charge < -0.3 is 14.8 Å². The quantitative estimate of drug-likeness (QED) is 0.743. The number of hydrogen-bond acceptors (Lipinski definition) is 3. The molecule has 0 aliphatic heterocycles. The van der Waals surface area contributed by atoms with Gasteiger partial charge in [-0.15, -0.1) is 0 Å². The minimum absolute atomic E-state index is 0.000512. The monoisotopic (exact) mass is 360 g/mol. The molecule has 0 radical (unpaired) electrons. The van der Waals surface area contributed by atoms with Crippen molar-refractivity contribution in [3.05, 3.63) is 83.9 Å². The number of carboxylic acid groups (broad SMARTS) is 1. The Labute approximate surface area is 159 Å². The summed E-state index contributed by atoms with van der Waals surface area (Å²) in [4.78, 5) is 27.0. The molecule has 4 atom stereocenters. The van der Waals surface area contributed by atoms with Crippen LogP contribution in [0, 0.1) is 23.7 Å². The number of nitrogens with zero attached hydrogens (tertiary/aromatic N) is 1. The second-order valence-corrected chi connectivity index (χ2v) is 7.48. The molecule has 2 aromatic carbocycles. The van der Waals surface area contributed by atoms with Crippen LogP contribution in [0.2, 0.25) is 0 Å². The number of carbonyl (C=O) groups is 2. The molecule has 0 spiro atoms. The van der Waals surface area contributed by atoms with E-state index in [1.807, 2.05) is 72.8 Å². The van der Waals surface area contributed by atoms with Gasteiger partial charge in [0.1, 0.15) is 0 Å². The SMILES string of the molecule is O=C([O-])[C@@H]1[C@H](C(=O)N(Cc2ccccc2)Cc2ccccc2)[C@H]2C=C[C@H]1C2. The van der Waals surface area contributed by atoms with Crippen molar-refractivity contribution in [2.75, 3.05) is 0 Å². The fourth-order valence-corrected chi connectivity index (χ4v) is 4.51. The Bertz CT molecular complexity index is 805. The van der Waals surface area contributed by atoms with Crippen LogP contribution >= 0.6 is 0 Å². The molecule has 0 heterocycles. The standard InChI is InChI=1S/C23H23NO3/c25-22(20-18-11-12-19(13-18)21(20)23(26)27)24(14-16-7-3-1-4-8-16)15-17-9-5-2-6-10-17/h1-12,18-21H,13-15H2,(H,26,27)/p-1/t18-,19-,20+,21-/m0/s1. The molecule has 2 bridgehead atoms. The number of fused-ring (bicyclic) bond motifs is 2. The molecule has 2 aliphatic carbocycles. The van der Waals surface area contributed by atoms with Crippen molar-refractivity contribution >= 4 is 11.9 Å². The van der Waals surface area contributed by atoms with Crippen LogP contribution in [0.5, 0.6) is 0 Å². The molecule has 27 heavy (non-hydrogen) atoms. The van der Waals surface area contributed by atoms with E-state index in [1.54, 1.807) is 4.90 Å². The fourth-order valence-electron chi connectivity index (χ4n) is 4.51. The van der Waals surface area contributed by atoms with Crippen molar-refractivity contribution in [3.63, 3.8) is 0 Å². The van der Waals surface area contributed by atoms with E-state index in [0.29, 0.717) is 13.1 Å². The van der Waals surface area contributed by atoms with E-state index in [1.165, 1.54) is 0 Å². The highest BCUT2D eigenvalue weighted by Crippen LogP contribution is 2.48. The van der Waals surface area contributed by atoms with Gasteiger partial charge in [-0.1, -0.05) is 72.8 Å². The third-order valence-electron chi connectivity index (χ3n) is 5.76. The number of carboxylic acids is 1. The molecule has 0 aromatic heterocycles. The van der Waals surface area contributed by atoms with E-state index in [2.05, 4.69) is 0 Å². The van der Waals surface area contributed by atoms with Crippen molar-refractivity contribution in [3.8, 4) is 0 Å². The number of carbonyl (C=O) groups excluding carboxylic acids is 2. The smallest absolute Gasteiger partial charge is 0.227 e. The third kappa shape index (κ3) is 3.52. The third-order valence-corrected chi connectivity index (χ3v) is 5.76. The van der Waals surface area contributed by atoms with Crippen molar-refractivity contribution < 1.29 is 14.7 Å². The number of allylic oxidation sites excluding steroid dienone is 2. The summed E-state index contributed by atoms with van der Waals surface area (Å²) in [5.74, 6) is -2.53. The van der Waals surface area contributed by atoms with E-state index in [0.717, 1.165) is 17.5 Å². The van der Waals surface area contributed by atoms with Crippen molar-refractivity contribution in [1.29, 1.82) is 0 Å². The van der Waals surface area contributed by atoms with Crippen molar-refractivity contribution in [2.24, 2.45) is 23.7 Å². The second kappa shape index (κ2) is 7.39. The Kier molecular flexibility index (Phi) is 4.80. The van der Waals surface area contributed by atoms with Crippen LogP contribution < -0.4 is 5.11 Å². The normalized spacial score (nSPS) is 25.5. The molecule has 0 saturated heterocycles. The predicted octanol–water partition coefficient (Wildman–Crippen LogP) is 2.40. The van der Waals surface area contributed by atoms with Gasteiger partial charge in [0.25, 0.3) is 0 Å². The highest BCUT2D eigenvalue weighted by molar-refractivity contribution is 5.86. The lowest BCUT2D eigenvalue weighted by Crippen LogP contribution is -2.46. The van der Waals surface area contributed by atoms with Crippen LogP contribution in [0.15, 0.2) is 72.8 Å². The fraction of sp³-hybridized carbons (Fsp3) is 0.304. The van der Waals surface area contributed by atoms with Gasteiger partial charge in [-0.2, -0.15) is 0 Å². The van der Waals surface area contributed by atoms with Crippen LogP contribution in [0.25, 0.3) is 0 Å². The molecule has 4 heteroatoms. The largest absolute Gasteiger partial charge is 0.550 e. The first-order valence-corrected chi connectivity index (χ1v) is 9.39. The zero-order valence-corrected chi connectivity index (χ0v) is 15.0. The van der Waals surface area contributed by atoms with Gasteiger partial charge in [0, 0.05) is 25.0 Å². The Morgan fingerprint density at radius 1 is 0.815 bits per heavy atom.